The summed E-state index contributed by atoms with van der Waals surface area (Å²) in [5, 5.41) is 12.9. The van der Waals surface area contributed by atoms with Gasteiger partial charge in [0.25, 0.3) is 5.82 Å². The third-order valence-corrected chi connectivity index (χ3v) is 2.82. The molecule has 19 heavy (non-hydrogen) atoms. The van der Waals surface area contributed by atoms with Crippen LogP contribution in [0, 0.1) is 6.92 Å². The van der Waals surface area contributed by atoms with Crippen LogP contribution < -0.4 is 10.4 Å². The fourth-order valence-corrected chi connectivity index (χ4v) is 2.05. The van der Waals surface area contributed by atoms with E-state index >= 15 is 0 Å². The number of furan rings is 1. The smallest absolute Gasteiger partial charge is 0.272 e. The van der Waals surface area contributed by atoms with Gasteiger partial charge in [-0.2, -0.15) is 4.98 Å². The third kappa shape index (κ3) is 2.02. The first-order chi connectivity index (χ1) is 9.15. The maximum atomic E-state index is 10.5. The highest BCUT2D eigenvalue weighted by Crippen LogP contribution is 2.29. The van der Waals surface area contributed by atoms with Crippen LogP contribution in [0.5, 0.6) is 0 Å². The van der Waals surface area contributed by atoms with Crippen molar-refractivity contribution in [1.29, 1.82) is 0 Å². The van der Waals surface area contributed by atoms with E-state index in [1.165, 1.54) is 5.32 Å². The van der Waals surface area contributed by atoms with Gasteiger partial charge in [0.05, 0.1) is 5.97 Å². The van der Waals surface area contributed by atoms with Gasteiger partial charge in [0, 0.05) is 5.39 Å². The number of quaternary nitrogens is 1. The van der Waals surface area contributed by atoms with Crippen molar-refractivity contribution in [3.8, 4) is 0 Å². The number of nitrogens with two attached hydrogens (primary N) is 1. The molecule has 1 aromatic carbocycles. The SMILES string of the molecule is Cc1nc([NH2+]CC(=O)[O-])c2oc3ccccc3c2n1. The van der Waals surface area contributed by atoms with Crippen LogP contribution in [0.25, 0.3) is 22.1 Å². The number of aryl methyl sites for hydroxylation is 1. The molecular weight excluding hydrogens is 246 g/mol. The van der Waals surface area contributed by atoms with E-state index in [4.69, 9.17) is 4.42 Å². The highest BCUT2D eigenvalue weighted by molar-refractivity contribution is 6.04. The first-order valence-electron chi connectivity index (χ1n) is 5.84. The number of aromatic nitrogens is 2. The summed E-state index contributed by atoms with van der Waals surface area (Å²) in [4.78, 5) is 19.1. The molecule has 0 saturated carbocycles. The molecule has 0 aliphatic carbocycles. The number of carboxylic acid groups (broad SMARTS) is 1. The molecule has 6 heteroatoms. The average Bonchev–Trinajstić information content (AvgIpc) is 2.75. The lowest BCUT2D eigenvalue weighted by molar-refractivity contribution is -0.571. The minimum atomic E-state index is -1.15. The maximum absolute atomic E-state index is 10.5. The van der Waals surface area contributed by atoms with E-state index in [-0.39, 0.29) is 6.54 Å². The lowest BCUT2D eigenvalue weighted by atomic mass is 10.2. The zero-order chi connectivity index (χ0) is 13.4. The largest absolute Gasteiger partial charge is 0.544 e. The van der Waals surface area contributed by atoms with Crippen LogP contribution in [0.15, 0.2) is 28.7 Å². The van der Waals surface area contributed by atoms with Gasteiger partial charge in [0.2, 0.25) is 5.58 Å². The van der Waals surface area contributed by atoms with E-state index in [1.54, 1.807) is 6.92 Å². The Morgan fingerprint density at radius 2 is 2.16 bits per heavy atom. The minimum Gasteiger partial charge on any atom is -0.544 e. The Bertz CT molecular complexity index is 779. The highest BCUT2D eigenvalue weighted by Gasteiger charge is 2.16. The van der Waals surface area contributed by atoms with E-state index in [0.717, 1.165) is 5.39 Å². The number of carbonyl (C=O) groups is 1. The number of aliphatic carboxylic acids is 1. The molecule has 0 bridgehead atoms. The average molecular weight is 257 g/mol. The fourth-order valence-electron chi connectivity index (χ4n) is 2.05. The fraction of sp³-hybridized carbons (Fsp3) is 0.154. The molecule has 2 heterocycles. The van der Waals surface area contributed by atoms with Gasteiger partial charge in [-0.15, -0.1) is 0 Å². The summed E-state index contributed by atoms with van der Waals surface area (Å²) in [6.45, 7) is 1.56. The number of benzene rings is 1. The Morgan fingerprint density at radius 3 is 2.95 bits per heavy atom. The molecule has 6 nitrogen and oxygen atoms in total. The second kappa shape index (κ2) is 4.33. The van der Waals surface area contributed by atoms with Gasteiger partial charge >= 0.3 is 0 Å². The number of para-hydroxylation sites is 1. The zero-order valence-corrected chi connectivity index (χ0v) is 10.2. The molecule has 0 saturated heterocycles. The molecule has 96 valence electrons. The number of hydrogen-bond donors (Lipinski definition) is 1. The Morgan fingerprint density at radius 1 is 1.37 bits per heavy atom. The Hall–Kier alpha value is -2.47. The normalized spacial score (nSPS) is 11.2. The zero-order valence-electron chi connectivity index (χ0n) is 10.2. The van der Waals surface area contributed by atoms with E-state index in [2.05, 4.69) is 9.97 Å². The predicted octanol–water partition coefficient (Wildman–Crippen LogP) is -0.371. The number of carbonyl (C=O) groups excluding carboxylic acids is 1. The van der Waals surface area contributed by atoms with Gasteiger partial charge in [-0.05, 0) is 19.1 Å². The van der Waals surface area contributed by atoms with E-state index in [0.29, 0.717) is 28.3 Å². The molecule has 3 rings (SSSR count). The molecule has 0 fully saturated rings. The Balaban J connectivity index is 2.23. The van der Waals surface area contributed by atoms with Crippen LogP contribution in [-0.4, -0.2) is 22.5 Å². The predicted molar refractivity (Wildman–Crippen MR) is 65.5 cm³/mol. The second-order valence-corrected chi connectivity index (χ2v) is 4.21. The van der Waals surface area contributed by atoms with Crippen LogP contribution in [0.3, 0.4) is 0 Å². The van der Waals surface area contributed by atoms with Gasteiger partial charge in [-0.3, -0.25) is 5.32 Å². The molecular formula is C13H11N3O3. The van der Waals surface area contributed by atoms with Crippen molar-refractivity contribution in [3.63, 3.8) is 0 Å². The highest BCUT2D eigenvalue weighted by atomic mass is 16.4. The quantitative estimate of drug-likeness (QED) is 0.690. The molecule has 2 aromatic heterocycles. The van der Waals surface area contributed by atoms with Crippen molar-refractivity contribution in [2.75, 3.05) is 6.54 Å². The molecule has 0 amide bonds. The van der Waals surface area contributed by atoms with Crippen LogP contribution >= 0.6 is 0 Å². The van der Waals surface area contributed by atoms with Crippen molar-refractivity contribution < 1.29 is 19.6 Å². The molecule has 0 aliphatic heterocycles. The minimum absolute atomic E-state index is 0.206. The number of nitrogens with zero attached hydrogens (tertiary/aromatic N) is 2. The summed E-state index contributed by atoms with van der Waals surface area (Å²) in [6, 6.07) is 7.53. The van der Waals surface area contributed by atoms with Crippen molar-refractivity contribution in [2.45, 2.75) is 6.92 Å². The van der Waals surface area contributed by atoms with E-state index < -0.39 is 5.97 Å². The molecule has 0 unspecified atom stereocenters. The topological polar surface area (TPSA) is 95.7 Å². The van der Waals surface area contributed by atoms with Crippen molar-refractivity contribution in [3.05, 3.63) is 30.1 Å². The molecule has 0 radical (unpaired) electrons. The maximum Gasteiger partial charge on any atom is 0.272 e. The molecule has 0 spiro atoms. The number of carboxylic acids is 1. The third-order valence-electron chi connectivity index (χ3n) is 2.82. The van der Waals surface area contributed by atoms with Crippen LogP contribution in [-0.2, 0) is 4.79 Å². The Kier molecular flexibility index (Phi) is 2.64. The molecule has 0 atom stereocenters. The van der Waals surface area contributed by atoms with Gasteiger partial charge in [0.15, 0.2) is 0 Å². The summed E-state index contributed by atoms with van der Waals surface area (Å²) in [6.07, 6.45) is 0. The first-order valence-corrected chi connectivity index (χ1v) is 5.84. The molecule has 2 N–H and O–H groups in total. The van der Waals surface area contributed by atoms with E-state index in [1.807, 2.05) is 24.3 Å². The van der Waals surface area contributed by atoms with Gasteiger partial charge in [-0.25, -0.2) is 4.98 Å². The van der Waals surface area contributed by atoms with Crippen molar-refractivity contribution in [2.24, 2.45) is 0 Å². The lowest BCUT2D eigenvalue weighted by Gasteiger charge is -2.01. The van der Waals surface area contributed by atoms with Crippen molar-refractivity contribution in [1.82, 2.24) is 9.97 Å². The second-order valence-electron chi connectivity index (χ2n) is 4.21. The summed E-state index contributed by atoms with van der Waals surface area (Å²) >= 11 is 0. The number of fused-ring (bicyclic) bond motifs is 3. The molecule has 0 aliphatic rings. The lowest BCUT2D eigenvalue weighted by Crippen LogP contribution is -2.81. The van der Waals surface area contributed by atoms with Crippen LogP contribution in [0.4, 0.5) is 5.82 Å². The molecule has 3 aromatic rings. The number of rotatable bonds is 3. The van der Waals surface area contributed by atoms with Crippen LogP contribution in [0.1, 0.15) is 5.82 Å². The first kappa shape index (κ1) is 11.6. The summed E-state index contributed by atoms with van der Waals surface area (Å²) in [7, 11) is 0. The summed E-state index contributed by atoms with van der Waals surface area (Å²) < 4.78 is 5.70. The monoisotopic (exact) mass is 257 g/mol. The summed E-state index contributed by atoms with van der Waals surface area (Å²) in [5.74, 6) is -0.0907. The van der Waals surface area contributed by atoms with Gasteiger partial charge in [-0.1, -0.05) is 12.1 Å². The Labute approximate surface area is 108 Å². The van der Waals surface area contributed by atoms with Gasteiger partial charge in [0.1, 0.15) is 23.5 Å². The van der Waals surface area contributed by atoms with Crippen molar-refractivity contribution >= 4 is 33.9 Å². The van der Waals surface area contributed by atoms with Crippen LogP contribution in [0.2, 0.25) is 0 Å². The summed E-state index contributed by atoms with van der Waals surface area (Å²) in [5.41, 5.74) is 1.92. The standard InChI is InChI=1S/C13H11N3O3/c1-7-15-11-8-4-2-3-5-9(8)19-12(11)13(16-7)14-6-10(17)18/h2-5H,6H2,1H3,(H,17,18)(H,14,15,16). The van der Waals surface area contributed by atoms with Gasteiger partial charge < -0.3 is 14.3 Å². The van der Waals surface area contributed by atoms with E-state index in [9.17, 15) is 9.90 Å². The number of hydrogen-bond acceptors (Lipinski definition) is 5.